The molecular formula is C17H15BrN2O3S. The van der Waals surface area contributed by atoms with E-state index in [1.807, 2.05) is 36.6 Å². The Labute approximate surface area is 151 Å². The molecule has 0 fully saturated rings. The highest BCUT2D eigenvalue weighted by molar-refractivity contribution is 9.10. The number of ether oxygens (including phenoxy) is 1. The number of aromatic nitrogens is 1. The van der Waals surface area contributed by atoms with E-state index in [4.69, 9.17) is 4.74 Å². The molecule has 3 aromatic rings. The highest BCUT2D eigenvalue weighted by Crippen LogP contribution is 2.26. The van der Waals surface area contributed by atoms with Gasteiger partial charge in [0.2, 0.25) is 5.91 Å². The molecule has 7 heteroatoms. The average molecular weight is 407 g/mol. The number of anilines is 1. The van der Waals surface area contributed by atoms with Gasteiger partial charge < -0.3 is 14.6 Å². The summed E-state index contributed by atoms with van der Waals surface area (Å²) in [5.74, 6) is -0.650. The Morgan fingerprint density at radius 3 is 2.79 bits per heavy atom. The summed E-state index contributed by atoms with van der Waals surface area (Å²) in [5.41, 5.74) is 2.08. The molecule has 0 bridgehead atoms. The summed E-state index contributed by atoms with van der Waals surface area (Å²) in [6.07, 6.45) is 0. The highest BCUT2D eigenvalue weighted by Gasteiger charge is 2.19. The van der Waals surface area contributed by atoms with E-state index in [0.717, 1.165) is 25.9 Å². The van der Waals surface area contributed by atoms with Crippen molar-refractivity contribution in [3.63, 3.8) is 0 Å². The molecule has 0 unspecified atom stereocenters. The Balaban J connectivity index is 1.87. The lowest BCUT2D eigenvalue weighted by molar-refractivity contribution is -0.116. The first kappa shape index (κ1) is 16.7. The zero-order valence-corrected chi connectivity index (χ0v) is 15.5. The van der Waals surface area contributed by atoms with Gasteiger partial charge in [0.1, 0.15) is 17.1 Å². The van der Waals surface area contributed by atoms with E-state index >= 15 is 0 Å². The lowest BCUT2D eigenvalue weighted by atomic mass is 10.2. The number of benzene rings is 1. The Morgan fingerprint density at radius 1 is 1.29 bits per heavy atom. The van der Waals surface area contributed by atoms with E-state index in [9.17, 15) is 9.59 Å². The van der Waals surface area contributed by atoms with Gasteiger partial charge in [-0.05, 0) is 48.2 Å². The number of methoxy groups -OCH3 is 1. The van der Waals surface area contributed by atoms with Crippen LogP contribution < -0.4 is 5.32 Å². The fourth-order valence-corrected chi connectivity index (χ4v) is 3.88. The molecule has 2 aromatic heterocycles. The maximum Gasteiger partial charge on any atom is 0.354 e. The number of fused-ring (bicyclic) bond motifs is 1. The Hall–Kier alpha value is -2.12. The number of rotatable bonds is 4. The van der Waals surface area contributed by atoms with Crippen LogP contribution in [0, 0.1) is 6.92 Å². The van der Waals surface area contributed by atoms with Crippen molar-refractivity contribution in [2.75, 3.05) is 12.4 Å². The normalized spacial score (nSPS) is 10.8. The van der Waals surface area contributed by atoms with E-state index in [-0.39, 0.29) is 12.5 Å². The minimum absolute atomic E-state index is 0.0456. The fraction of sp³-hybridized carbons (Fsp3) is 0.176. The predicted molar refractivity (Wildman–Crippen MR) is 98.7 cm³/mol. The number of aryl methyl sites for hydroxylation is 1. The van der Waals surface area contributed by atoms with Gasteiger partial charge in [-0.25, -0.2) is 4.79 Å². The first-order valence-corrected chi connectivity index (χ1v) is 8.88. The second-order valence-corrected chi connectivity index (χ2v) is 7.11. The van der Waals surface area contributed by atoms with Crippen molar-refractivity contribution in [3.05, 3.63) is 51.4 Å². The molecular weight excluding hydrogens is 392 g/mol. The first-order chi connectivity index (χ1) is 11.5. The zero-order chi connectivity index (χ0) is 17.3. The predicted octanol–water partition coefficient (Wildman–Crippen LogP) is 4.20. The molecule has 0 radical (unpaired) electrons. The van der Waals surface area contributed by atoms with Crippen LogP contribution in [0.15, 0.2) is 40.2 Å². The number of nitrogens with zero attached hydrogens (tertiary/aromatic N) is 1. The SMILES string of the molecule is COC(=O)c1cc2ccsc2n1CC(=O)Nc1ccc(Br)cc1C. The van der Waals surface area contributed by atoms with Crippen molar-refractivity contribution in [2.45, 2.75) is 13.5 Å². The van der Waals surface area contributed by atoms with Crippen LogP contribution in [0.2, 0.25) is 0 Å². The molecule has 24 heavy (non-hydrogen) atoms. The Kier molecular flexibility index (Phi) is 4.73. The third-order valence-corrected chi connectivity index (χ3v) is 5.11. The molecule has 0 saturated heterocycles. The summed E-state index contributed by atoms with van der Waals surface area (Å²) in [6.45, 7) is 1.97. The molecule has 0 spiro atoms. The second-order valence-electron chi connectivity index (χ2n) is 5.30. The van der Waals surface area contributed by atoms with Crippen molar-refractivity contribution in [1.82, 2.24) is 4.57 Å². The summed E-state index contributed by atoms with van der Waals surface area (Å²) in [7, 11) is 1.33. The number of thiophene rings is 1. The van der Waals surface area contributed by atoms with Gasteiger partial charge in [-0.15, -0.1) is 11.3 Å². The fourth-order valence-electron chi connectivity index (χ4n) is 2.51. The van der Waals surface area contributed by atoms with E-state index in [0.29, 0.717) is 5.69 Å². The van der Waals surface area contributed by atoms with Crippen LogP contribution >= 0.6 is 27.3 Å². The highest BCUT2D eigenvalue weighted by atomic mass is 79.9. The first-order valence-electron chi connectivity index (χ1n) is 7.20. The van der Waals surface area contributed by atoms with Gasteiger partial charge in [-0.2, -0.15) is 0 Å². The number of hydrogen-bond donors (Lipinski definition) is 1. The second kappa shape index (κ2) is 6.78. The summed E-state index contributed by atoms with van der Waals surface area (Å²) in [4.78, 5) is 25.3. The van der Waals surface area contributed by atoms with E-state index in [2.05, 4.69) is 21.2 Å². The maximum atomic E-state index is 12.5. The van der Waals surface area contributed by atoms with Crippen LogP contribution in [0.3, 0.4) is 0 Å². The van der Waals surface area contributed by atoms with Gasteiger partial charge in [0, 0.05) is 15.5 Å². The van der Waals surface area contributed by atoms with Gasteiger partial charge in [0.15, 0.2) is 0 Å². The molecule has 124 valence electrons. The summed E-state index contributed by atoms with van der Waals surface area (Å²) in [5, 5.41) is 5.74. The number of halogens is 1. The van der Waals surface area contributed by atoms with Gasteiger partial charge in [0.05, 0.1) is 7.11 Å². The third-order valence-electron chi connectivity index (χ3n) is 3.66. The van der Waals surface area contributed by atoms with E-state index < -0.39 is 5.97 Å². The molecule has 0 saturated carbocycles. The van der Waals surface area contributed by atoms with Gasteiger partial charge in [0.25, 0.3) is 0 Å². The molecule has 1 N–H and O–H groups in total. The topological polar surface area (TPSA) is 60.3 Å². The van der Waals surface area contributed by atoms with Crippen LogP contribution in [-0.2, 0) is 16.1 Å². The monoisotopic (exact) mass is 406 g/mol. The van der Waals surface area contributed by atoms with Crippen molar-refractivity contribution in [3.8, 4) is 0 Å². The Bertz CT molecular complexity index is 929. The lowest BCUT2D eigenvalue weighted by Gasteiger charge is -2.11. The molecule has 2 heterocycles. The molecule has 0 aliphatic heterocycles. The number of nitrogens with one attached hydrogen (secondary N) is 1. The summed E-state index contributed by atoms with van der Waals surface area (Å²) in [6, 6.07) is 9.31. The van der Waals surface area contributed by atoms with Crippen molar-refractivity contribution < 1.29 is 14.3 Å². The number of hydrogen-bond acceptors (Lipinski definition) is 4. The van der Waals surface area contributed by atoms with Crippen molar-refractivity contribution in [1.29, 1.82) is 0 Å². The lowest BCUT2D eigenvalue weighted by Crippen LogP contribution is -2.21. The quantitative estimate of drug-likeness (QED) is 0.660. The van der Waals surface area contributed by atoms with Crippen LogP contribution in [0.25, 0.3) is 10.2 Å². The number of carbonyl (C=O) groups is 2. The molecule has 3 rings (SSSR count). The van der Waals surface area contributed by atoms with Gasteiger partial charge >= 0.3 is 5.97 Å². The van der Waals surface area contributed by atoms with Crippen LogP contribution in [0.1, 0.15) is 16.1 Å². The molecule has 0 aliphatic carbocycles. The molecule has 0 atom stereocenters. The maximum absolute atomic E-state index is 12.5. The van der Waals surface area contributed by atoms with Crippen molar-refractivity contribution in [2.24, 2.45) is 0 Å². The van der Waals surface area contributed by atoms with Crippen molar-refractivity contribution >= 4 is 55.0 Å². The number of carbonyl (C=O) groups excluding carboxylic acids is 2. The molecule has 1 amide bonds. The molecule has 0 aliphatic rings. The Morgan fingerprint density at radius 2 is 2.08 bits per heavy atom. The average Bonchev–Trinajstić information content (AvgIpc) is 3.12. The van der Waals surface area contributed by atoms with Crippen LogP contribution in [0.5, 0.6) is 0 Å². The third kappa shape index (κ3) is 3.22. The smallest absolute Gasteiger partial charge is 0.354 e. The largest absolute Gasteiger partial charge is 0.464 e. The molecule has 1 aromatic carbocycles. The standard InChI is InChI=1S/C17H15BrN2O3S/c1-10-7-12(18)3-4-13(10)19-15(21)9-20-14(17(22)23-2)8-11-5-6-24-16(11)20/h3-8H,9H2,1-2H3,(H,19,21). The number of esters is 1. The molecule has 5 nitrogen and oxygen atoms in total. The zero-order valence-electron chi connectivity index (χ0n) is 13.1. The van der Waals surface area contributed by atoms with E-state index in [1.165, 1.54) is 18.4 Å². The van der Waals surface area contributed by atoms with Gasteiger partial charge in [-0.3, -0.25) is 4.79 Å². The number of amides is 1. The minimum atomic E-state index is -0.453. The minimum Gasteiger partial charge on any atom is -0.464 e. The van der Waals surface area contributed by atoms with E-state index in [1.54, 1.807) is 10.6 Å². The van der Waals surface area contributed by atoms with Gasteiger partial charge in [-0.1, -0.05) is 15.9 Å². The summed E-state index contributed by atoms with van der Waals surface area (Å²) >= 11 is 4.89. The van der Waals surface area contributed by atoms with Crippen LogP contribution in [-0.4, -0.2) is 23.6 Å². The van der Waals surface area contributed by atoms with Crippen LogP contribution in [0.4, 0.5) is 5.69 Å². The summed E-state index contributed by atoms with van der Waals surface area (Å²) < 4.78 is 7.46.